The normalized spacial score (nSPS) is 44.8. The highest BCUT2D eigenvalue weighted by Gasteiger charge is 2.50. The number of ether oxygens (including phenoxy) is 2. The number of hydrogen-bond acceptors (Lipinski definition) is 5. The first-order chi connectivity index (χ1) is 7.68. The average molecular weight is 232 g/mol. The summed E-state index contributed by atoms with van der Waals surface area (Å²) in [6, 6.07) is 0. The van der Waals surface area contributed by atoms with E-state index in [0.717, 1.165) is 12.8 Å². The van der Waals surface area contributed by atoms with Crippen LogP contribution in [0.15, 0.2) is 0 Å². The number of aliphatic hydroxyl groups is 3. The van der Waals surface area contributed by atoms with Crippen molar-refractivity contribution >= 4 is 0 Å². The molecule has 16 heavy (non-hydrogen) atoms. The van der Waals surface area contributed by atoms with Crippen molar-refractivity contribution < 1.29 is 24.8 Å². The van der Waals surface area contributed by atoms with Crippen LogP contribution in [0.3, 0.4) is 0 Å². The summed E-state index contributed by atoms with van der Waals surface area (Å²) in [5.41, 5.74) is 0. The van der Waals surface area contributed by atoms with Gasteiger partial charge in [0.15, 0.2) is 5.79 Å². The van der Waals surface area contributed by atoms with Gasteiger partial charge in [-0.25, -0.2) is 0 Å². The maximum Gasteiger partial charge on any atom is 0.197 e. The van der Waals surface area contributed by atoms with Crippen LogP contribution in [-0.4, -0.2) is 52.6 Å². The Morgan fingerprint density at radius 1 is 1.25 bits per heavy atom. The first-order valence-corrected chi connectivity index (χ1v) is 5.97. The zero-order valence-electron chi connectivity index (χ0n) is 9.34. The first kappa shape index (κ1) is 12.3. The maximum atomic E-state index is 9.98. The highest BCUT2D eigenvalue weighted by atomic mass is 16.7. The van der Waals surface area contributed by atoms with Crippen molar-refractivity contribution in [1.82, 2.24) is 0 Å². The van der Waals surface area contributed by atoms with Crippen LogP contribution in [0.4, 0.5) is 0 Å². The Hall–Kier alpha value is -0.200. The van der Waals surface area contributed by atoms with Crippen molar-refractivity contribution in [2.45, 2.75) is 56.2 Å². The van der Waals surface area contributed by atoms with Gasteiger partial charge in [-0.1, -0.05) is 0 Å². The Kier molecular flexibility index (Phi) is 3.81. The van der Waals surface area contributed by atoms with Gasteiger partial charge in [0.1, 0.15) is 6.10 Å². The minimum absolute atomic E-state index is 0.0174. The molecule has 4 atom stereocenters. The van der Waals surface area contributed by atoms with Crippen molar-refractivity contribution in [2.75, 3.05) is 13.2 Å². The largest absolute Gasteiger partial charge is 0.396 e. The summed E-state index contributed by atoms with van der Waals surface area (Å²) >= 11 is 0. The number of aliphatic hydroxyl groups excluding tert-OH is 3. The summed E-state index contributed by atoms with van der Waals surface area (Å²) in [4.78, 5) is 0. The first-order valence-electron chi connectivity index (χ1n) is 5.97. The predicted octanol–water partition coefficient (Wildman–Crippen LogP) is -0.224. The van der Waals surface area contributed by atoms with Crippen LogP contribution >= 0.6 is 0 Å². The van der Waals surface area contributed by atoms with Crippen molar-refractivity contribution in [3.63, 3.8) is 0 Å². The topological polar surface area (TPSA) is 79.2 Å². The second kappa shape index (κ2) is 4.98. The number of rotatable bonds is 2. The van der Waals surface area contributed by atoms with Gasteiger partial charge in [0.25, 0.3) is 0 Å². The third-order valence-electron chi connectivity index (χ3n) is 3.40. The molecular weight excluding hydrogens is 212 g/mol. The summed E-state index contributed by atoms with van der Waals surface area (Å²) < 4.78 is 11.3. The molecule has 0 aromatic rings. The Morgan fingerprint density at radius 2 is 2.06 bits per heavy atom. The van der Waals surface area contributed by atoms with Crippen LogP contribution < -0.4 is 0 Å². The Bertz CT molecular complexity index is 226. The molecule has 3 N–H and O–H groups in total. The van der Waals surface area contributed by atoms with E-state index in [9.17, 15) is 10.2 Å². The zero-order chi connectivity index (χ0) is 11.6. The van der Waals surface area contributed by atoms with Gasteiger partial charge in [-0.15, -0.1) is 0 Å². The van der Waals surface area contributed by atoms with E-state index in [1.165, 1.54) is 0 Å². The minimum atomic E-state index is -1.05. The Labute approximate surface area is 95.0 Å². The van der Waals surface area contributed by atoms with Crippen LogP contribution in [0.1, 0.15) is 32.1 Å². The lowest BCUT2D eigenvalue weighted by Gasteiger charge is -2.48. The molecular formula is C11H20O5. The van der Waals surface area contributed by atoms with E-state index in [1.807, 2.05) is 0 Å². The zero-order valence-corrected chi connectivity index (χ0v) is 9.34. The molecule has 94 valence electrons. The lowest BCUT2D eigenvalue weighted by molar-refractivity contribution is -0.352. The fourth-order valence-corrected chi connectivity index (χ4v) is 2.53. The van der Waals surface area contributed by atoms with E-state index in [-0.39, 0.29) is 12.7 Å². The minimum Gasteiger partial charge on any atom is -0.396 e. The van der Waals surface area contributed by atoms with Gasteiger partial charge in [-0.2, -0.15) is 0 Å². The molecule has 1 spiro atoms. The van der Waals surface area contributed by atoms with Gasteiger partial charge in [0.2, 0.25) is 0 Å². The van der Waals surface area contributed by atoms with E-state index in [2.05, 4.69) is 0 Å². The van der Waals surface area contributed by atoms with Crippen molar-refractivity contribution in [2.24, 2.45) is 0 Å². The van der Waals surface area contributed by atoms with Gasteiger partial charge in [0.05, 0.1) is 18.8 Å². The summed E-state index contributed by atoms with van der Waals surface area (Å²) in [5.74, 6) is -1.05. The van der Waals surface area contributed by atoms with E-state index in [4.69, 9.17) is 14.6 Å². The van der Waals surface area contributed by atoms with Crippen LogP contribution in [0.25, 0.3) is 0 Å². The molecule has 0 amide bonds. The lowest BCUT2D eigenvalue weighted by Crippen LogP contribution is -2.60. The molecule has 0 aliphatic carbocycles. The molecule has 2 fully saturated rings. The van der Waals surface area contributed by atoms with Gasteiger partial charge in [-0.05, 0) is 19.3 Å². The molecule has 2 saturated heterocycles. The molecule has 0 aromatic heterocycles. The SMILES string of the molecule is OCC[C@@H]1C[C@@H](O)[C@H](O)[C@]2(CCCCO2)O1. The van der Waals surface area contributed by atoms with Gasteiger partial charge in [0, 0.05) is 19.4 Å². The molecule has 0 unspecified atom stereocenters. The maximum absolute atomic E-state index is 9.98. The second-order valence-corrected chi connectivity index (χ2v) is 4.62. The molecule has 5 nitrogen and oxygen atoms in total. The quantitative estimate of drug-likeness (QED) is 0.613. The molecule has 0 bridgehead atoms. The van der Waals surface area contributed by atoms with Gasteiger partial charge >= 0.3 is 0 Å². The number of hydrogen-bond donors (Lipinski definition) is 3. The molecule has 0 saturated carbocycles. The van der Waals surface area contributed by atoms with Crippen molar-refractivity contribution in [1.29, 1.82) is 0 Å². The van der Waals surface area contributed by atoms with Crippen LogP contribution in [0.5, 0.6) is 0 Å². The second-order valence-electron chi connectivity index (χ2n) is 4.62. The molecule has 5 heteroatoms. The monoisotopic (exact) mass is 232 g/mol. The highest BCUT2D eigenvalue weighted by Crippen LogP contribution is 2.38. The lowest BCUT2D eigenvalue weighted by atomic mass is 9.89. The van der Waals surface area contributed by atoms with Gasteiger partial charge < -0.3 is 24.8 Å². The molecule has 2 aliphatic rings. The summed E-state index contributed by atoms with van der Waals surface area (Å²) in [6.45, 7) is 0.569. The smallest absolute Gasteiger partial charge is 0.197 e. The molecule has 2 rings (SSSR count). The summed E-state index contributed by atoms with van der Waals surface area (Å²) in [6.07, 6.45) is 1.26. The highest BCUT2D eigenvalue weighted by molar-refractivity contribution is 4.93. The van der Waals surface area contributed by atoms with E-state index >= 15 is 0 Å². The standard InChI is InChI=1S/C11H20O5/c12-5-3-8-7-9(13)10(14)11(16-8)4-1-2-6-15-11/h8-10,12-14H,1-7H2/t8-,9-,10+,11+/m1/s1. The Balaban J connectivity index is 2.08. The molecule has 0 aromatic carbocycles. The van der Waals surface area contributed by atoms with Gasteiger partial charge in [-0.3, -0.25) is 0 Å². The van der Waals surface area contributed by atoms with Crippen LogP contribution in [0, 0.1) is 0 Å². The summed E-state index contributed by atoms with van der Waals surface area (Å²) in [5, 5.41) is 28.7. The fraction of sp³-hybridized carbons (Fsp3) is 1.00. The van der Waals surface area contributed by atoms with Crippen molar-refractivity contribution in [3.8, 4) is 0 Å². The van der Waals surface area contributed by atoms with Crippen LogP contribution in [-0.2, 0) is 9.47 Å². The molecule has 0 radical (unpaired) electrons. The van der Waals surface area contributed by atoms with E-state index < -0.39 is 18.0 Å². The third kappa shape index (κ3) is 2.24. The molecule has 2 aliphatic heterocycles. The Morgan fingerprint density at radius 3 is 2.69 bits per heavy atom. The average Bonchev–Trinajstić information content (AvgIpc) is 2.28. The van der Waals surface area contributed by atoms with Crippen LogP contribution in [0.2, 0.25) is 0 Å². The third-order valence-corrected chi connectivity index (χ3v) is 3.40. The fourth-order valence-electron chi connectivity index (χ4n) is 2.53. The van der Waals surface area contributed by atoms with E-state index in [0.29, 0.717) is 25.9 Å². The predicted molar refractivity (Wildman–Crippen MR) is 55.7 cm³/mol. The van der Waals surface area contributed by atoms with E-state index in [1.54, 1.807) is 0 Å². The molecule has 2 heterocycles. The van der Waals surface area contributed by atoms with Crippen molar-refractivity contribution in [3.05, 3.63) is 0 Å². The summed E-state index contributed by atoms with van der Waals surface area (Å²) in [7, 11) is 0.